The second kappa shape index (κ2) is 6.21. The van der Waals surface area contributed by atoms with Crippen LogP contribution in [-0.2, 0) is 11.8 Å². The Morgan fingerprint density at radius 3 is 2.63 bits per heavy atom. The van der Waals surface area contributed by atoms with Gasteiger partial charge in [-0.3, -0.25) is 14.3 Å². The molecule has 0 aromatic carbocycles. The summed E-state index contributed by atoms with van der Waals surface area (Å²) in [6.07, 6.45) is 1.40. The highest BCUT2D eigenvalue weighted by Gasteiger charge is 2.19. The summed E-state index contributed by atoms with van der Waals surface area (Å²) in [5.41, 5.74) is 6.03. The molecule has 1 rings (SSSR count). The topological polar surface area (TPSA) is 93.2 Å². The van der Waals surface area contributed by atoms with Crippen LogP contribution in [-0.4, -0.2) is 46.6 Å². The lowest BCUT2D eigenvalue weighted by Crippen LogP contribution is -2.39. The molecule has 106 valence electrons. The molecule has 19 heavy (non-hydrogen) atoms. The minimum atomic E-state index is -0.315. The molecule has 0 aliphatic carbocycles. The number of likely N-dealkylation sites (N-methyl/N-ethyl adjacent to an activating group) is 1. The molecule has 0 aliphatic heterocycles. The van der Waals surface area contributed by atoms with E-state index in [9.17, 15) is 9.59 Å². The number of hydrogen-bond acceptors (Lipinski definition) is 4. The van der Waals surface area contributed by atoms with Gasteiger partial charge >= 0.3 is 0 Å². The van der Waals surface area contributed by atoms with Gasteiger partial charge in [0, 0.05) is 20.6 Å². The van der Waals surface area contributed by atoms with Gasteiger partial charge in [0.15, 0.2) is 0 Å². The number of carbonyl (C=O) groups is 2. The Bertz CT molecular complexity index is 467. The van der Waals surface area contributed by atoms with Crippen molar-refractivity contribution in [3.05, 3.63) is 11.8 Å². The number of nitrogens with two attached hydrogens (primary N) is 1. The van der Waals surface area contributed by atoms with E-state index in [0.29, 0.717) is 23.8 Å². The maximum absolute atomic E-state index is 12.1. The van der Waals surface area contributed by atoms with Gasteiger partial charge in [0.1, 0.15) is 11.4 Å². The molecule has 1 aromatic rings. The van der Waals surface area contributed by atoms with Gasteiger partial charge in [-0.05, 0) is 5.92 Å². The van der Waals surface area contributed by atoms with Crippen molar-refractivity contribution in [2.45, 2.75) is 13.8 Å². The number of nitrogens with zero attached hydrogens (tertiary/aromatic N) is 3. The first-order chi connectivity index (χ1) is 8.82. The predicted octanol–water partition coefficient (Wildman–Crippen LogP) is -0.153. The predicted molar refractivity (Wildman–Crippen MR) is 72.4 cm³/mol. The highest BCUT2D eigenvalue weighted by molar-refractivity contribution is 5.99. The summed E-state index contributed by atoms with van der Waals surface area (Å²) in [5.74, 6) is 0.163. The summed E-state index contributed by atoms with van der Waals surface area (Å²) in [4.78, 5) is 25.0. The summed E-state index contributed by atoms with van der Waals surface area (Å²) >= 11 is 0. The van der Waals surface area contributed by atoms with Gasteiger partial charge in [0.2, 0.25) is 5.91 Å². The molecule has 0 spiro atoms. The molecule has 2 amide bonds. The molecule has 0 fully saturated rings. The van der Waals surface area contributed by atoms with Crippen molar-refractivity contribution >= 4 is 17.6 Å². The summed E-state index contributed by atoms with van der Waals surface area (Å²) in [5, 5.41) is 6.66. The van der Waals surface area contributed by atoms with Gasteiger partial charge in [-0.25, -0.2) is 0 Å². The Kier molecular flexibility index (Phi) is 4.91. The van der Waals surface area contributed by atoms with Crippen molar-refractivity contribution in [2.75, 3.05) is 25.9 Å². The number of aryl methyl sites for hydroxylation is 1. The first-order valence-corrected chi connectivity index (χ1v) is 6.12. The van der Waals surface area contributed by atoms with Gasteiger partial charge in [0.25, 0.3) is 5.91 Å². The molecule has 1 aromatic heterocycles. The third kappa shape index (κ3) is 3.97. The molecule has 0 saturated heterocycles. The lowest BCUT2D eigenvalue weighted by atomic mass is 10.2. The third-order valence-corrected chi connectivity index (χ3v) is 2.65. The minimum absolute atomic E-state index is 0.000111. The molecule has 0 bridgehead atoms. The zero-order valence-corrected chi connectivity index (χ0v) is 11.8. The van der Waals surface area contributed by atoms with Gasteiger partial charge in [-0.15, -0.1) is 0 Å². The number of aromatic nitrogens is 2. The van der Waals surface area contributed by atoms with Crippen molar-refractivity contribution in [1.82, 2.24) is 20.0 Å². The monoisotopic (exact) mass is 267 g/mol. The van der Waals surface area contributed by atoms with Crippen LogP contribution in [0.3, 0.4) is 0 Å². The number of rotatable bonds is 5. The molecule has 3 N–H and O–H groups in total. The van der Waals surface area contributed by atoms with Crippen LogP contribution in [0.2, 0.25) is 0 Å². The van der Waals surface area contributed by atoms with Crippen molar-refractivity contribution in [2.24, 2.45) is 13.0 Å². The van der Waals surface area contributed by atoms with Crippen LogP contribution in [0.4, 0.5) is 5.82 Å². The molecule has 7 nitrogen and oxygen atoms in total. The number of nitrogens with one attached hydrogen (secondary N) is 1. The van der Waals surface area contributed by atoms with E-state index in [2.05, 4.69) is 10.4 Å². The van der Waals surface area contributed by atoms with Gasteiger partial charge in [-0.2, -0.15) is 5.10 Å². The average molecular weight is 267 g/mol. The first kappa shape index (κ1) is 15.0. The summed E-state index contributed by atoms with van der Waals surface area (Å²) in [6, 6.07) is 0. The molecule has 0 radical (unpaired) electrons. The van der Waals surface area contributed by atoms with Crippen molar-refractivity contribution < 1.29 is 9.59 Å². The quantitative estimate of drug-likeness (QED) is 0.775. The van der Waals surface area contributed by atoms with Crippen LogP contribution in [0.15, 0.2) is 6.20 Å². The SMILES string of the molecule is CC(C)CNC(=O)CN(C)C(=O)c1cnn(C)c1N. The van der Waals surface area contributed by atoms with Crippen molar-refractivity contribution in [1.29, 1.82) is 0 Å². The van der Waals surface area contributed by atoms with Gasteiger partial charge in [-0.1, -0.05) is 13.8 Å². The van der Waals surface area contributed by atoms with E-state index in [1.54, 1.807) is 14.1 Å². The third-order valence-electron chi connectivity index (χ3n) is 2.65. The number of anilines is 1. The second-order valence-corrected chi connectivity index (χ2v) is 4.93. The lowest BCUT2D eigenvalue weighted by Gasteiger charge is -2.17. The van der Waals surface area contributed by atoms with Crippen molar-refractivity contribution in [3.63, 3.8) is 0 Å². The smallest absolute Gasteiger partial charge is 0.259 e. The summed E-state index contributed by atoms with van der Waals surface area (Å²) in [7, 11) is 3.21. The summed E-state index contributed by atoms with van der Waals surface area (Å²) < 4.78 is 1.42. The average Bonchev–Trinajstić information content (AvgIpc) is 2.66. The molecule has 0 aliphatic rings. The van der Waals surface area contributed by atoms with E-state index in [4.69, 9.17) is 5.73 Å². The zero-order chi connectivity index (χ0) is 14.6. The number of amides is 2. The van der Waals surface area contributed by atoms with Crippen LogP contribution in [0.25, 0.3) is 0 Å². The minimum Gasteiger partial charge on any atom is -0.383 e. The van der Waals surface area contributed by atoms with E-state index in [1.807, 2.05) is 13.8 Å². The Morgan fingerprint density at radius 1 is 1.53 bits per heavy atom. The lowest BCUT2D eigenvalue weighted by molar-refractivity contribution is -0.121. The fourth-order valence-corrected chi connectivity index (χ4v) is 1.48. The van der Waals surface area contributed by atoms with Crippen LogP contribution in [0.1, 0.15) is 24.2 Å². The van der Waals surface area contributed by atoms with Crippen LogP contribution in [0.5, 0.6) is 0 Å². The number of carbonyl (C=O) groups excluding carboxylic acids is 2. The van der Waals surface area contributed by atoms with E-state index >= 15 is 0 Å². The highest BCUT2D eigenvalue weighted by Crippen LogP contribution is 2.11. The van der Waals surface area contributed by atoms with Crippen molar-refractivity contribution in [3.8, 4) is 0 Å². The van der Waals surface area contributed by atoms with E-state index in [1.165, 1.54) is 15.8 Å². The highest BCUT2D eigenvalue weighted by atomic mass is 16.2. The molecule has 1 heterocycles. The fourth-order valence-electron chi connectivity index (χ4n) is 1.48. The Balaban J connectivity index is 2.58. The summed E-state index contributed by atoms with van der Waals surface area (Å²) in [6.45, 7) is 4.60. The second-order valence-electron chi connectivity index (χ2n) is 4.93. The van der Waals surface area contributed by atoms with E-state index < -0.39 is 0 Å². The molecule has 0 unspecified atom stereocenters. The van der Waals surface area contributed by atoms with Crippen LogP contribution in [0, 0.1) is 5.92 Å². The Morgan fingerprint density at radius 2 is 2.16 bits per heavy atom. The van der Waals surface area contributed by atoms with Crippen LogP contribution >= 0.6 is 0 Å². The van der Waals surface area contributed by atoms with E-state index in [0.717, 1.165) is 0 Å². The number of nitrogen functional groups attached to an aromatic ring is 1. The molecule has 0 saturated carbocycles. The maximum atomic E-state index is 12.1. The zero-order valence-electron chi connectivity index (χ0n) is 11.8. The van der Waals surface area contributed by atoms with Gasteiger partial charge < -0.3 is 16.0 Å². The largest absolute Gasteiger partial charge is 0.383 e. The van der Waals surface area contributed by atoms with Gasteiger partial charge in [0.05, 0.1) is 12.7 Å². The van der Waals surface area contributed by atoms with E-state index in [-0.39, 0.29) is 18.4 Å². The maximum Gasteiger partial charge on any atom is 0.259 e. The first-order valence-electron chi connectivity index (χ1n) is 6.12. The number of hydrogen-bond donors (Lipinski definition) is 2. The molecule has 7 heteroatoms. The van der Waals surface area contributed by atoms with Crippen LogP contribution < -0.4 is 11.1 Å². The normalized spacial score (nSPS) is 10.6. The molecule has 0 atom stereocenters. The fraction of sp³-hybridized carbons (Fsp3) is 0.583. The Labute approximate surface area is 112 Å². The Hall–Kier alpha value is -2.05. The molecular weight excluding hydrogens is 246 g/mol. The standard InChI is InChI=1S/C12H21N5O2/c1-8(2)5-14-10(18)7-16(3)12(19)9-6-15-17(4)11(9)13/h6,8H,5,7,13H2,1-4H3,(H,14,18). The molecular formula is C12H21N5O2.